The molecule has 0 amide bonds. The molecule has 0 bridgehead atoms. The Hall–Kier alpha value is -0.550. The van der Waals surface area contributed by atoms with E-state index in [0.717, 1.165) is 0 Å². The third kappa shape index (κ3) is 4.80. The third-order valence-electron chi connectivity index (χ3n) is 1.26. The van der Waals surface area contributed by atoms with E-state index in [4.69, 9.17) is 5.14 Å². The summed E-state index contributed by atoms with van der Waals surface area (Å²) in [6.45, 7) is 1.55. The normalized spacial score (nSPS) is 15.2. The van der Waals surface area contributed by atoms with Crippen LogP contribution in [-0.2, 0) is 14.8 Å². The second-order valence-electron chi connectivity index (χ2n) is 2.24. The number of nitrogens with two attached hydrogens (primary N) is 1. The van der Waals surface area contributed by atoms with Crippen LogP contribution in [0.15, 0.2) is 12.3 Å². The fraction of sp³-hybridized carbons (Fsp3) is 0.667. The van der Waals surface area contributed by atoms with Crippen molar-refractivity contribution in [2.45, 2.75) is 18.6 Å². The molecule has 0 aliphatic carbocycles. The zero-order valence-electron chi connectivity index (χ0n) is 6.65. The van der Waals surface area contributed by atoms with Crippen molar-refractivity contribution >= 4 is 10.0 Å². The van der Waals surface area contributed by atoms with E-state index in [9.17, 15) is 8.42 Å². The molecule has 0 spiro atoms. The van der Waals surface area contributed by atoms with Crippen LogP contribution in [0.3, 0.4) is 0 Å². The van der Waals surface area contributed by atoms with Crippen molar-refractivity contribution in [1.29, 1.82) is 0 Å². The Labute approximate surface area is 67.1 Å². The van der Waals surface area contributed by atoms with Crippen LogP contribution < -0.4 is 5.14 Å². The first-order valence-electron chi connectivity index (χ1n) is 3.18. The number of primary sulfonamides is 1. The average Bonchev–Trinajstić information content (AvgIpc) is 1.86. The molecule has 0 saturated heterocycles. The van der Waals surface area contributed by atoms with Crippen LogP contribution in [0.25, 0.3) is 0 Å². The molecule has 0 radical (unpaired) electrons. The van der Waals surface area contributed by atoms with Gasteiger partial charge in [-0.05, 0) is 19.4 Å². The second-order valence-corrected chi connectivity index (χ2v) is 4.23. The summed E-state index contributed by atoms with van der Waals surface area (Å²) in [6, 6.07) is 0. The van der Waals surface area contributed by atoms with Gasteiger partial charge in [0.15, 0.2) is 0 Å². The lowest BCUT2D eigenvalue weighted by Crippen LogP contribution is -2.25. The highest BCUT2D eigenvalue weighted by Crippen LogP contribution is 2.01. The summed E-state index contributed by atoms with van der Waals surface area (Å²) in [4.78, 5) is 0. The van der Waals surface area contributed by atoms with Gasteiger partial charge in [0.2, 0.25) is 10.0 Å². The number of hydrogen-bond acceptors (Lipinski definition) is 3. The molecular weight excluding hydrogens is 166 g/mol. The minimum atomic E-state index is -3.39. The van der Waals surface area contributed by atoms with Crippen molar-refractivity contribution in [1.82, 2.24) is 0 Å². The van der Waals surface area contributed by atoms with Crippen molar-refractivity contribution in [2.24, 2.45) is 5.14 Å². The van der Waals surface area contributed by atoms with Crippen LogP contribution >= 0.6 is 0 Å². The molecule has 0 aromatic carbocycles. The zero-order chi connectivity index (χ0) is 8.91. The Morgan fingerprint density at radius 3 is 2.55 bits per heavy atom. The van der Waals surface area contributed by atoms with Crippen LogP contribution in [0.1, 0.15) is 13.3 Å². The van der Waals surface area contributed by atoms with Crippen LogP contribution in [-0.4, -0.2) is 20.8 Å². The number of sulfonamides is 1. The molecule has 0 aliphatic heterocycles. The Morgan fingerprint density at radius 1 is 1.64 bits per heavy atom. The second kappa shape index (κ2) is 4.35. The molecule has 11 heavy (non-hydrogen) atoms. The molecule has 1 unspecified atom stereocenters. The quantitative estimate of drug-likeness (QED) is 0.627. The lowest BCUT2D eigenvalue weighted by Gasteiger charge is -2.03. The smallest absolute Gasteiger partial charge is 0.211 e. The third-order valence-corrected chi connectivity index (χ3v) is 2.58. The highest BCUT2D eigenvalue weighted by Gasteiger charge is 2.12. The molecule has 5 heteroatoms. The Balaban J connectivity index is 3.90. The van der Waals surface area contributed by atoms with E-state index in [1.165, 1.54) is 13.4 Å². The Bertz CT molecular complexity index is 220. The van der Waals surface area contributed by atoms with Gasteiger partial charge in [-0.1, -0.05) is 0 Å². The summed E-state index contributed by atoms with van der Waals surface area (Å²) < 4.78 is 25.8. The molecule has 0 fully saturated rings. The standard InChI is InChI=1S/C6H13NO3S/c1-6(11(7,8)9)4-3-5-10-2/h3,5-6H,4H2,1-2H3,(H2,7,8,9). The topological polar surface area (TPSA) is 69.4 Å². The van der Waals surface area contributed by atoms with Gasteiger partial charge in [0, 0.05) is 0 Å². The van der Waals surface area contributed by atoms with Gasteiger partial charge in [-0.25, -0.2) is 13.6 Å². The van der Waals surface area contributed by atoms with Crippen LogP contribution in [0.2, 0.25) is 0 Å². The highest BCUT2D eigenvalue weighted by atomic mass is 32.2. The van der Waals surface area contributed by atoms with Gasteiger partial charge in [-0.15, -0.1) is 0 Å². The average molecular weight is 179 g/mol. The molecule has 0 aromatic heterocycles. The maximum absolute atomic E-state index is 10.6. The maximum Gasteiger partial charge on any atom is 0.211 e. The molecule has 0 aromatic rings. The SMILES string of the molecule is COC=CCC(C)S(N)(=O)=O. The van der Waals surface area contributed by atoms with Gasteiger partial charge in [0.25, 0.3) is 0 Å². The summed E-state index contributed by atoms with van der Waals surface area (Å²) in [6.07, 6.45) is 3.43. The molecule has 0 saturated carbocycles. The molecule has 66 valence electrons. The van der Waals surface area contributed by atoms with Crippen LogP contribution in [0.4, 0.5) is 0 Å². The fourth-order valence-corrected chi connectivity index (χ4v) is 0.857. The van der Waals surface area contributed by atoms with E-state index >= 15 is 0 Å². The van der Waals surface area contributed by atoms with Crippen molar-refractivity contribution in [3.63, 3.8) is 0 Å². The highest BCUT2D eigenvalue weighted by molar-refractivity contribution is 7.89. The van der Waals surface area contributed by atoms with Gasteiger partial charge in [-0.3, -0.25) is 0 Å². The molecule has 4 nitrogen and oxygen atoms in total. The van der Waals surface area contributed by atoms with Gasteiger partial charge >= 0.3 is 0 Å². The summed E-state index contributed by atoms with van der Waals surface area (Å²) in [5.41, 5.74) is 0. The number of hydrogen-bond donors (Lipinski definition) is 1. The first-order chi connectivity index (χ1) is 4.98. The van der Waals surface area contributed by atoms with E-state index in [-0.39, 0.29) is 0 Å². The lowest BCUT2D eigenvalue weighted by molar-refractivity contribution is 0.336. The van der Waals surface area contributed by atoms with E-state index in [1.807, 2.05) is 0 Å². The summed E-state index contributed by atoms with van der Waals surface area (Å²) in [7, 11) is -1.89. The molecule has 0 heterocycles. The number of ether oxygens (including phenoxy) is 1. The van der Waals surface area contributed by atoms with Gasteiger partial charge < -0.3 is 4.74 Å². The van der Waals surface area contributed by atoms with Gasteiger partial charge in [0.05, 0.1) is 18.6 Å². The molecule has 2 N–H and O–H groups in total. The van der Waals surface area contributed by atoms with Gasteiger partial charge in [0.1, 0.15) is 0 Å². The zero-order valence-corrected chi connectivity index (χ0v) is 7.47. The van der Waals surface area contributed by atoms with Crippen LogP contribution in [0, 0.1) is 0 Å². The van der Waals surface area contributed by atoms with Crippen molar-refractivity contribution < 1.29 is 13.2 Å². The predicted molar refractivity (Wildman–Crippen MR) is 43.3 cm³/mol. The Morgan fingerprint density at radius 2 is 2.18 bits per heavy atom. The van der Waals surface area contributed by atoms with E-state index in [0.29, 0.717) is 6.42 Å². The van der Waals surface area contributed by atoms with Crippen molar-refractivity contribution in [3.8, 4) is 0 Å². The van der Waals surface area contributed by atoms with E-state index < -0.39 is 15.3 Å². The molecule has 0 aliphatic rings. The monoisotopic (exact) mass is 179 g/mol. The predicted octanol–water partition coefficient (Wildman–Crippen LogP) is 0.214. The molecule has 0 rings (SSSR count). The molecule has 1 atom stereocenters. The van der Waals surface area contributed by atoms with Gasteiger partial charge in [-0.2, -0.15) is 0 Å². The first-order valence-corrected chi connectivity index (χ1v) is 4.79. The largest absolute Gasteiger partial charge is 0.505 e. The van der Waals surface area contributed by atoms with E-state index in [2.05, 4.69) is 4.74 Å². The van der Waals surface area contributed by atoms with Crippen LogP contribution in [0.5, 0.6) is 0 Å². The van der Waals surface area contributed by atoms with Crippen molar-refractivity contribution in [3.05, 3.63) is 12.3 Å². The van der Waals surface area contributed by atoms with Crippen molar-refractivity contribution in [2.75, 3.05) is 7.11 Å². The summed E-state index contributed by atoms with van der Waals surface area (Å²) in [5.74, 6) is 0. The minimum Gasteiger partial charge on any atom is -0.505 e. The Kier molecular flexibility index (Phi) is 4.14. The fourth-order valence-electron chi connectivity index (χ4n) is 0.478. The maximum atomic E-state index is 10.6. The summed E-state index contributed by atoms with van der Waals surface area (Å²) in [5, 5.41) is 4.31. The summed E-state index contributed by atoms with van der Waals surface area (Å²) >= 11 is 0. The number of methoxy groups -OCH3 is 1. The lowest BCUT2D eigenvalue weighted by atomic mass is 10.3. The number of rotatable bonds is 4. The molecular formula is C6H13NO3S. The van der Waals surface area contributed by atoms with E-state index in [1.54, 1.807) is 13.0 Å². The number of allylic oxidation sites excluding steroid dienone is 1. The minimum absolute atomic E-state index is 0.382. The first kappa shape index (κ1) is 10.4.